The molecule has 0 saturated carbocycles. The molecule has 0 spiro atoms. The highest BCUT2D eigenvalue weighted by molar-refractivity contribution is 8.00. The van der Waals surface area contributed by atoms with E-state index in [0.717, 1.165) is 15.9 Å². The number of furan rings is 1. The Hall–Kier alpha value is -0.450. The minimum Gasteiger partial charge on any atom is -0.467 e. The normalized spacial score (nSPS) is 10.5. The zero-order valence-corrected chi connectivity index (χ0v) is 8.96. The van der Waals surface area contributed by atoms with Crippen molar-refractivity contribution in [2.75, 3.05) is 0 Å². The van der Waals surface area contributed by atoms with Gasteiger partial charge in [-0.1, -0.05) is 23.4 Å². The Morgan fingerprint density at radius 3 is 3.15 bits per heavy atom. The van der Waals surface area contributed by atoms with Crippen LogP contribution in [0.3, 0.4) is 0 Å². The van der Waals surface area contributed by atoms with E-state index < -0.39 is 0 Å². The standard InChI is InChI=1S/C8H6ClNOS2/c9-6-1-3-11-7(6)5-13-8-10-2-4-12-8/h1-4H,5H2. The number of thiazole rings is 1. The van der Waals surface area contributed by atoms with Crippen LogP contribution in [0.4, 0.5) is 0 Å². The molecule has 2 rings (SSSR count). The van der Waals surface area contributed by atoms with Gasteiger partial charge in [0, 0.05) is 11.6 Å². The molecule has 2 heterocycles. The van der Waals surface area contributed by atoms with E-state index in [0.29, 0.717) is 5.02 Å². The van der Waals surface area contributed by atoms with Gasteiger partial charge in [0.25, 0.3) is 0 Å². The minimum atomic E-state index is 0.684. The van der Waals surface area contributed by atoms with Crippen molar-refractivity contribution in [2.24, 2.45) is 0 Å². The second-order valence-electron chi connectivity index (χ2n) is 2.28. The van der Waals surface area contributed by atoms with Crippen molar-refractivity contribution >= 4 is 34.7 Å². The van der Waals surface area contributed by atoms with Gasteiger partial charge < -0.3 is 4.42 Å². The molecule has 0 aromatic carbocycles. The molecule has 2 nitrogen and oxygen atoms in total. The van der Waals surface area contributed by atoms with E-state index in [2.05, 4.69) is 4.98 Å². The zero-order valence-electron chi connectivity index (χ0n) is 6.57. The molecule has 0 unspecified atom stereocenters. The molecule has 13 heavy (non-hydrogen) atoms. The second kappa shape index (κ2) is 4.17. The van der Waals surface area contributed by atoms with E-state index in [4.69, 9.17) is 16.0 Å². The number of halogens is 1. The van der Waals surface area contributed by atoms with Crippen LogP contribution >= 0.6 is 34.7 Å². The third-order valence-electron chi connectivity index (χ3n) is 1.43. The predicted molar refractivity (Wildman–Crippen MR) is 55.4 cm³/mol. The van der Waals surface area contributed by atoms with Gasteiger partial charge in [0.05, 0.1) is 17.0 Å². The van der Waals surface area contributed by atoms with Gasteiger partial charge in [0.1, 0.15) is 10.1 Å². The molecule has 0 fully saturated rings. The molecule has 5 heteroatoms. The second-order valence-corrected chi connectivity index (χ2v) is 4.80. The molecule has 0 atom stereocenters. The average molecular weight is 232 g/mol. The molecule has 0 N–H and O–H groups in total. The Balaban J connectivity index is 1.97. The first-order valence-electron chi connectivity index (χ1n) is 3.60. The maximum absolute atomic E-state index is 5.86. The zero-order chi connectivity index (χ0) is 9.10. The first-order valence-corrected chi connectivity index (χ1v) is 5.85. The summed E-state index contributed by atoms with van der Waals surface area (Å²) in [6.45, 7) is 0. The van der Waals surface area contributed by atoms with Gasteiger partial charge in [0.2, 0.25) is 0 Å². The molecule has 0 radical (unpaired) electrons. The molecule has 0 amide bonds. The molecular weight excluding hydrogens is 226 g/mol. The lowest BCUT2D eigenvalue weighted by molar-refractivity contribution is 0.530. The van der Waals surface area contributed by atoms with Gasteiger partial charge >= 0.3 is 0 Å². The molecule has 0 aliphatic heterocycles. The third-order valence-corrected chi connectivity index (χ3v) is 3.73. The van der Waals surface area contributed by atoms with Crippen LogP contribution in [0.2, 0.25) is 5.02 Å². The highest BCUT2D eigenvalue weighted by atomic mass is 35.5. The Kier molecular flexibility index (Phi) is 2.93. The van der Waals surface area contributed by atoms with Crippen LogP contribution in [0.15, 0.2) is 32.7 Å². The molecule has 0 aliphatic carbocycles. The van der Waals surface area contributed by atoms with Crippen LogP contribution in [0.25, 0.3) is 0 Å². The average Bonchev–Trinajstić information content (AvgIpc) is 2.72. The van der Waals surface area contributed by atoms with Gasteiger partial charge in [-0.2, -0.15) is 0 Å². The highest BCUT2D eigenvalue weighted by Gasteiger charge is 2.05. The quantitative estimate of drug-likeness (QED) is 0.754. The van der Waals surface area contributed by atoms with Crippen molar-refractivity contribution in [2.45, 2.75) is 10.1 Å². The summed E-state index contributed by atoms with van der Waals surface area (Å²) in [5.74, 6) is 1.54. The summed E-state index contributed by atoms with van der Waals surface area (Å²) < 4.78 is 6.22. The molecular formula is C8H6ClNOS2. The van der Waals surface area contributed by atoms with Crippen molar-refractivity contribution in [3.63, 3.8) is 0 Å². The van der Waals surface area contributed by atoms with Crippen LogP contribution < -0.4 is 0 Å². The number of hydrogen-bond donors (Lipinski definition) is 0. The summed E-state index contributed by atoms with van der Waals surface area (Å²) >= 11 is 9.10. The van der Waals surface area contributed by atoms with E-state index in [1.165, 1.54) is 0 Å². The van der Waals surface area contributed by atoms with E-state index in [1.807, 2.05) is 5.38 Å². The third kappa shape index (κ3) is 2.27. The molecule has 0 saturated heterocycles. The molecule has 0 bridgehead atoms. The van der Waals surface area contributed by atoms with Crippen LogP contribution in [0.1, 0.15) is 5.76 Å². The van der Waals surface area contributed by atoms with Crippen molar-refractivity contribution < 1.29 is 4.42 Å². The lowest BCUT2D eigenvalue weighted by Crippen LogP contribution is -1.75. The first kappa shape index (κ1) is 9.12. The maximum Gasteiger partial charge on any atom is 0.150 e. The minimum absolute atomic E-state index is 0.684. The van der Waals surface area contributed by atoms with Gasteiger partial charge in [-0.05, 0) is 6.07 Å². The van der Waals surface area contributed by atoms with Crippen molar-refractivity contribution in [3.8, 4) is 0 Å². The smallest absolute Gasteiger partial charge is 0.150 e. The van der Waals surface area contributed by atoms with Gasteiger partial charge in [-0.15, -0.1) is 11.3 Å². The van der Waals surface area contributed by atoms with Crippen LogP contribution in [0.5, 0.6) is 0 Å². The van der Waals surface area contributed by atoms with E-state index in [9.17, 15) is 0 Å². The maximum atomic E-state index is 5.86. The number of aromatic nitrogens is 1. The van der Waals surface area contributed by atoms with Crippen molar-refractivity contribution in [1.82, 2.24) is 4.98 Å². The van der Waals surface area contributed by atoms with E-state index in [1.54, 1.807) is 41.6 Å². The fourth-order valence-corrected chi connectivity index (χ4v) is 2.67. The Morgan fingerprint density at radius 2 is 2.54 bits per heavy atom. The van der Waals surface area contributed by atoms with Gasteiger partial charge in [0.15, 0.2) is 0 Å². The molecule has 0 aliphatic rings. The van der Waals surface area contributed by atoms with Crippen molar-refractivity contribution in [1.29, 1.82) is 0 Å². The summed E-state index contributed by atoms with van der Waals surface area (Å²) in [6.07, 6.45) is 3.39. The predicted octanol–water partition coefficient (Wildman–Crippen LogP) is 3.68. The summed E-state index contributed by atoms with van der Waals surface area (Å²) in [5, 5.41) is 2.63. The SMILES string of the molecule is Clc1ccoc1CSc1nccs1. The molecule has 68 valence electrons. The largest absolute Gasteiger partial charge is 0.467 e. The lowest BCUT2D eigenvalue weighted by atomic mass is 10.5. The number of rotatable bonds is 3. The van der Waals surface area contributed by atoms with E-state index >= 15 is 0 Å². The fourth-order valence-electron chi connectivity index (χ4n) is 0.837. The summed E-state index contributed by atoms with van der Waals surface area (Å²) in [5.41, 5.74) is 0. The fraction of sp³-hybridized carbons (Fsp3) is 0.125. The van der Waals surface area contributed by atoms with Gasteiger partial charge in [-0.3, -0.25) is 0 Å². The monoisotopic (exact) mass is 231 g/mol. The summed E-state index contributed by atoms with van der Waals surface area (Å²) in [7, 11) is 0. The topological polar surface area (TPSA) is 26.0 Å². The number of nitrogens with zero attached hydrogens (tertiary/aromatic N) is 1. The molecule has 2 aromatic rings. The lowest BCUT2D eigenvalue weighted by Gasteiger charge is -1.93. The van der Waals surface area contributed by atoms with Crippen LogP contribution in [-0.4, -0.2) is 4.98 Å². The first-order chi connectivity index (χ1) is 6.36. The molecule has 2 aromatic heterocycles. The summed E-state index contributed by atoms with van der Waals surface area (Å²) in [6, 6.07) is 1.75. The summed E-state index contributed by atoms with van der Waals surface area (Å²) in [4.78, 5) is 4.14. The highest BCUT2D eigenvalue weighted by Crippen LogP contribution is 2.28. The number of thioether (sulfide) groups is 1. The number of hydrogen-bond acceptors (Lipinski definition) is 4. The Bertz CT molecular complexity index is 371. The van der Waals surface area contributed by atoms with Gasteiger partial charge in [-0.25, -0.2) is 4.98 Å². The Labute approximate surface area is 88.9 Å². The Morgan fingerprint density at radius 1 is 1.62 bits per heavy atom. The van der Waals surface area contributed by atoms with E-state index in [-0.39, 0.29) is 0 Å². The van der Waals surface area contributed by atoms with Crippen LogP contribution in [-0.2, 0) is 5.75 Å². The van der Waals surface area contributed by atoms with Crippen molar-refractivity contribution in [3.05, 3.63) is 34.7 Å². The van der Waals surface area contributed by atoms with Crippen LogP contribution in [0, 0.1) is 0 Å².